The number of nitrogens with one attached hydrogen (secondary N) is 1. The summed E-state index contributed by atoms with van der Waals surface area (Å²) in [7, 11) is 0. The predicted molar refractivity (Wildman–Crippen MR) is 86.9 cm³/mol. The lowest BCUT2D eigenvalue weighted by Gasteiger charge is -2.31. The minimum absolute atomic E-state index is 0.0570. The molecule has 116 valence electrons. The van der Waals surface area contributed by atoms with Gasteiger partial charge >= 0.3 is 0 Å². The molecule has 0 aromatic carbocycles. The average molecular weight is 308 g/mol. The first-order valence-corrected chi connectivity index (χ1v) is 8.04. The summed E-state index contributed by atoms with van der Waals surface area (Å²) in [6, 6.07) is 3.61. The van der Waals surface area contributed by atoms with Gasteiger partial charge in [-0.3, -0.25) is 4.79 Å². The van der Waals surface area contributed by atoms with Gasteiger partial charge in [0.1, 0.15) is 11.5 Å². The summed E-state index contributed by atoms with van der Waals surface area (Å²) in [6.07, 6.45) is 5.78. The van der Waals surface area contributed by atoms with Crippen LogP contribution in [0.15, 0.2) is 16.5 Å². The number of hydrogen-bond donors (Lipinski definition) is 2. The van der Waals surface area contributed by atoms with E-state index in [0.29, 0.717) is 4.99 Å². The molecule has 1 saturated carbocycles. The fourth-order valence-electron chi connectivity index (χ4n) is 3.01. The molecule has 2 rings (SSSR count). The molecule has 1 heterocycles. The van der Waals surface area contributed by atoms with Gasteiger partial charge in [-0.2, -0.15) is 0 Å². The molecule has 1 amide bonds. The van der Waals surface area contributed by atoms with Crippen molar-refractivity contribution in [2.45, 2.75) is 58.4 Å². The van der Waals surface area contributed by atoms with E-state index in [1.54, 1.807) is 0 Å². The topological polar surface area (TPSA) is 68.3 Å². The molecule has 0 spiro atoms. The molecule has 5 heteroatoms. The second kappa shape index (κ2) is 6.60. The van der Waals surface area contributed by atoms with Crippen molar-refractivity contribution in [2.24, 2.45) is 11.1 Å². The van der Waals surface area contributed by atoms with Crippen LogP contribution in [0.4, 0.5) is 0 Å². The summed E-state index contributed by atoms with van der Waals surface area (Å²) in [5.74, 6) is 1.54. The highest BCUT2D eigenvalue weighted by atomic mass is 32.1. The molecule has 1 aromatic rings. The Morgan fingerprint density at radius 1 is 1.33 bits per heavy atom. The number of amides is 1. The molecule has 4 nitrogen and oxygen atoms in total. The first kappa shape index (κ1) is 16.0. The van der Waals surface area contributed by atoms with Crippen LogP contribution >= 0.6 is 12.2 Å². The zero-order chi connectivity index (χ0) is 15.5. The minimum atomic E-state index is -0.693. The highest BCUT2D eigenvalue weighted by Gasteiger charge is 2.42. The maximum Gasteiger partial charge on any atom is 0.233 e. The van der Waals surface area contributed by atoms with Crippen LogP contribution in [0.5, 0.6) is 0 Å². The number of carbonyl (C=O) groups is 1. The Bertz CT molecular complexity index is 516. The maximum atomic E-state index is 12.8. The molecule has 1 aliphatic carbocycles. The summed E-state index contributed by atoms with van der Waals surface area (Å²) >= 11 is 5.23. The van der Waals surface area contributed by atoms with Crippen LogP contribution in [0, 0.1) is 12.3 Å². The van der Waals surface area contributed by atoms with Crippen molar-refractivity contribution in [3.8, 4) is 0 Å². The van der Waals surface area contributed by atoms with Crippen LogP contribution in [0.3, 0.4) is 0 Å². The first-order valence-electron chi connectivity index (χ1n) is 7.63. The fraction of sp³-hybridized carbons (Fsp3) is 0.625. The van der Waals surface area contributed by atoms with Crippen molar-refractivity contribution in [1.82, 2.24) is 5.32 Å². The summed E-state index contributed by atoms with van der Waals surface area (Å²) in [5.41, 5.74) is 5.25. The van der Waals surface area contributed by atoms with Crippen molar-refractivity contribution in [3.05, 3.63) is 23.7 Å². The van der Waals surface area contributed by atoms with Gasteiger partial charge in [-0.1, -0.05) is 37.9 Å². The van der Waals surface area contributed by atoms with Crippen molar-refractivity contribution in [1.29, 1.82) is 0 Å². The summed E-state index contributed by atoms with van der Waals surface area (Å²) in [4.78, 5) is 13.1. The van der Waals surface area contributed by atoms with E-state index >= 15 is 0 Å². The number of thiocarbonyl (C=S) groups is 1. The largest absolute Gasteiger partial charge is 0.464 e. The summed E-state index contributed by atoms with van der Waals surface area (Å²) < 4.78 is 5.57. The Morgan fingerprint density at radius 3 is 2.43 bits per heavy atom. The van der Waals surface area contributed by atoms with Crippen molar-refractivity contribution < 1.29 is 9.21 Å². The van der Waals surface area contributed by atoms with Gasteiger partial charge in [0, 0.05) is 0 Å². The van der Waals surface area contributed by atoms with Gasteiger partial charge in [0.25, 0.3) is 0 Å². The van der Waals surface area contributed by atoms with E-state index < -0.39 is 5.41 Å². The van der Waals surface area contributed by atoms with E-state index in [4.69, 9.17) is 22.4 Å². The monoisotopic (exact) mass is 308 g/mol. The standard InChI is InChI=1S/C16H24N2O2S/c1-11-7-8-13(20-11)12(2)18-15(19)16(14(17)21)9-5-3-4-6-10-16/h7-8,12H,3-6,9-10H2,1-2H3,(H2,17,21)(H,18,19). The normalized spacial score (nSPS) is 19.5. The molecule has 1 fully saturated rings. The van der Waals surface area contributed by atoms with Gasteiger partial charge < -0.3 is 15.5 Å². The first-order chi connectivity index (χ1) is 9.95. The van der Waals surface area contributed by atoms with Crippen LogP contribution in [0.2, 0.25) is 0 Å². The zero-order valence-electron chi connectivity index (χ0n) is 12.8. The number of nitrogens with two attached hydrogens (primary N) is 1. The van der Waals surface area contributed by atoms with E-state index in [9.17, 15) is 4.79 Å². The molecular formula is C16H24N2O2S. The molecule has 0 saturated heterocycles. The lowest BCUT2D eigenvalue weighted by atomic mass is 9.79. The molecular weight excluding hydrogens is 284 g/mol. The SMILES string of the molecule is Cc1ccc(C(C)NC(=O)C2(C(N)=S)CCCCCC2)o1. The van der Waals surface area contributed by atoms with Crippen LogP contribution in [-0.2, 0) is 4.79 Å². The molecule has 0 bridgehead atoms. The summed E-state index contributed by atoms with van der Waals surface area (Å²) in [5, 5.41) is 3.03. The fourth-order valence-corrected chi connectivity index (χ4v) is 3.31. The number of rotatable bonds is 4. The minimum Gasteiger partial charge on any atom is -0.464 e. The number of aryl methyl sites for hydroxylation is 1. The molecule has 21 heavy (non-hydrogen) atoms. The average Bonchev–Trinajstić information content (AvgIpc) is 2.73. The lowest BCUT2D eigenvalue weighted by Crippen LogP contribution is -2.49. The van der Waals surface area contributed by atoms with Gasteiger partial charge in [-0.05, 0) is 38.8 Å². The quantitative estimate of drug-likeness (QED) is 0.661. The summed E-state index contributed by atoms with van der Waals surface area (Å²) in [6.45, 7) is 3.81. The molecule has 1 aromatic heterocycles. The molecule has 3 N–H and O–H groups in total. The van der Waals surface area contributed by atoms with Crippen LogP contribution in [-0.4, -0.2) is 10.9 Å². The second-order valence-corrected chi connectivity index (χ2v) is 6.44. The van der Waals surface area contributed by atoms with E-state index in [0.717, 1.165) is 50.0 Å². The van der Waals surface area contributed by atoms with Crippen molar-refractivity contribution in [2.75, 3.05) is 0 Å². The number of furan rings is 1. The highest BCUT2D eigenvalue weighted by Crippen LogP contribution is 2.36. The van der Waals surface area contributed by atoms with Crippen molar-refractivity contribution in [3.63, 3.8) is 0 Å². The maximum absolute atomic E-state index is 12.8. The van der Waals surface area contributed by atoms with Crippen LogP contribution in [0.1, 0.15) is 63.0 Å². The van der Waals surface area contributed by atoms with Crippen molar-refractivity contribution >= 4 is 23.1 Å². The van der Waals surface area contributed by atoms with E-state index in [1.807, 2.05) is 26.0 Å². The predicted octanol–water partition coefficient (Wildman–Crippen LogP) is 3.39. The van der Waals surface area contributed by atoms with Gasteiger partial charge in [0.2, 0.25) is 5.91 Å². The van der Waals surface area contributed by atoms with Gasteiger partial charge in [0.05, 0.1) is 16.4 Å². The highest BCUT2D eigenvalue weighted by molar-refractivity contribution is 7.80. The second-order valence-electron chi connectivity index (χ2n) is 6.00. The zero-order valence-corrected chi connectivity index (χ0v) is 13.6. The Labute approximate surface area is 131 Å². The Hall–Kier alpha value is -1.36. The third kappa shape index (κ3) is 3.46. The molecule has 0 aliphatic heterocycles. The van der Waals surface area contributed by atoms with E-state index in [1.165, 1.54) is 0 Å². The molecule has 1 unspecified atom stereocenters. The Balaban J connectivity index is 2.13. The third-order valence-corrected chi connectivity index (χ3v) is 4.79. The van der Waals surface area contributed by atoms with E-state index in [2.05, 4.69) is 5.32 Å². The van der Waals surface area contributed by atoms with Crippen LogP contribution in [0.25, 0.3) is 0 Å². The lowest BCUT2D eigenvalue weighted by molar-refractivity contribution is -0.128. The number of carbonyl (C=O) groups excluding carboxylic acids is 1. The Kier molecular flexibility index (Phi) is 5.04. The third-order valence-electron chi connectivity index (χ3n) is 4.40. The van der Waals surface area contributed by atoms with Gasteiger partial charge in [-0.15, -0.1) is 0 Å². The molecule has 1 aliphatic rings. The Morgan fingerprint density at radius 2 is 1.95 bits per heavy atom. The number of hydrogen-bond acceptors (Lipinski definition) is 3. The van der Waals surface area contributed by atoms with Gasteiger partial charge in [0.15, 0.2) is 0 Å². The molecule has 0 radical (unpaired) electrons. The van der Waals surface area contributed by atoms with Crippen LogP contribution < -0.4 is 11.1 Å². The smallest absolute Gasteiger partial charge is 0.233 e. The van der Waals surface area contributed by atoms with Gasteiger partial charge in [-0.25, -0.2) is 0 Å². The van der Waals surface area contributed by atoms with E-state index in [-0.39, 0.29) is 11.9 Å². The molecule has 1 atom stereocenters.